The van der Waals surface area contributed by atoms with Crippen LogP contribution in [0.5, 0.6) is 0 Å². The average molecular weight is 310 g/mol. The van der Waals surface area contributed by atoms with Crippen LogP contribution in [-0.2, 0) is 9.59 Å². The van der Waals surface area contributed by atoms with Crippen molar-refractivity contribution in [2.75, 3.05) is 11.4 Å². The Hall–Kier alpha value is -2.63. The van der Waals surface area contributed by atoms with Crippen LogP contribution in [0, 0.1) is 5.92 Å². The zero-order valence-corrected chi connectivity index (χ0v) is 12.7. The fourth-order valence-corrected chi connectivity index (χ4v) is 3.04. The second-order valence-corrected chi connectivity index (χ2v) is 6.26. The van der Waals surface area contributed by atoms with Gasteiger partial charge in [-0.3, -0.25) is 14.5 Å². The number of hydrogen-bond donors (Lipinski definition) is 1. The Morgan fingerprint density at radius 3 is 2.57 bits per heavy atom. The van der Waals surface area contributed by atoms with Crippen LogP contribution in [-0.4, -0.2) is 28.1 Å². The highest BCUT2D eigenvalue weighted by molar-refractivity contribution is 5.99. The number of nitrogens with two attached hydrogens (primary N) is 1. The van der Waals surface area contributed by atoms with Gasteiger partial charge in [-0.1, -0.05) is 18.2 Å². The molecule has 1 aromatic heterocycles. The van der Waals surface area contributed by atoms with Crippen LogP contribution in [0.3, 0.4) is 0 Å². The number of para-hydroxylation sites is 1. The first kappa shape index (κ1) is 14.0. The highest BCUT2D eigenvalue weighted by Gasteiger charge is 2.37. The van der Waals surface area contributed by atoms with E-state index < -0.39 is 11.8 Å². The Morgan fingerprint density at radius 1 is 1.22 bits per heavy atom. The number of nitrogens with zero attached hydrogens (tertiary/aromatic N) is 3. The SMILES string of the molecule is NC(=O)C1CC(=O)N(c2cc(C3CC3)nn2-c2ccccc2)C1. The molecule has 1 atom stereocenters. The summed E-state index contributed by atoms with van der Waals surface area (Å²) in [5.74, 6) is 0.295. The monoisotopic (exact) mass is 310 g/mol. The lowest BCUT2D eigenvalue weighted by Gasteiger charge is -2.17. The number of hydrogen-bond acceptors (Lipinski definition) is 3. The number of anilines is 1. The van der Waals surface area contributed by atoms with Gasteiger partial charge in [-0.25, -0.2) is 4.68 Å². The van der Waals surface area contributed by atoms with Crippen molar-refractivity contribution in [2.24, 2.45) is 11.7 Å². The zero-order chi connectivity index (χ0) is 16.0. The van der Waals surface area contributed by atoms with Gasteiger partial charge in [-0.2, -0.15) is 5.10 Å². The van der Waals surface area contributed by atoms with Crippen molar-refractivity contribution >= 4 is 17.6 Å². The molecule has 118 valence electrons. The number of aromatic nitrogens is 2. The van der Waals surface area contributed by atoms with Crippen molar-refractivity contribution in [3.63, 3.8) is 0 Å². The van der Waals surface area contributed by atoms with E-state index in [-0.39, 0.29) is 12.3 Å². The molecule has 1 unspecified atom stereocenters. The van der Waals surface area contributed by atoms with Crippen LogP contribution in [0.4, 0.5) is 5.82 Å². The maximum atomic E-state index is 12.3. The molecule has 1 saturated heterocycles. The molecule has 23 heavy (non-hydrogen) atoms. The van der Waals surface area contributed by atoms with Gasteiger partial charge in [0, 0.05) is 24.9 Å². The quantitative estimate of drug-likeness (QED) is 0.931. The minimum Gasteiger partial charge on any atom is -0.369 e. The predicted molar refractivity (Wildman–Crippen MR) is 85.2 cm³/mol. The third-order valence-electron chi connectivity index (χ3n) is 4.51. The molecule has 1 aliphatic heterocycles. The Kier molecular flexibility index (Phi) is 3.18. The maximum Gasteiger partial charge on any atom is 0.229 e. The first-order chi connectivity index (χ1) is 11.1. The fraction of sp³-hybridized carbons (Fsp3) is 0.353. The molecule has 2 amide bonds. The molecule has 6 nitrogen and oxygen atoms in total. The Bertz CT molecular complexity index is 764. The van der Waals surface area contributed by atoms with E-state index in [1.807, 2.05) is 36.4 Å². The van der Waals surface area contributed by atoms with Crippen molar-refractivity contribution in [2.45, 2.75) is 25.2 Å². The van der Waals surface area contributed by atoms with Gasteiger partial charge >= 0.3 is 0 Å². The van der Waals surface area contributed by atoms with Crippen molar-refractivity contribution < 1.29 is 9.59 Å². The fourth-order valence-electron chi connectivity index (χ4n) is 3.04. The Morgan fingerprint density at radius 2 is 1.96 bits per heavy atom. The number of carbonyl (C=O) groups is 2. The lowest BCUT2D eigenvalue weighted by atomic mass is 10.1. The van der Waals surface area contributed by atoms with Gasteiger partial charge in [0.05, 0.1) is 17.3 Å². The smallest absolute Gasteiger partial charge is 0.229 e. The molecule has 0 radical (unpaired) electrons. The first-order valence-corrected chi connectivity index (χ1v) is 7.88. The zero-order valence-electron chi connectivity index (χ0n) is 12.7. The number of amides is 2. The molecule has 0 bridgehead atoms. The van der Waals surface area contributed by atoms with E-state index >= 15 is 0 Å². The summed E-state index contributed by atoms with van der Waals surface area (Å²) in [6.45, 7) is 0.330. The summed E-state index contributed by atoms with van der Waals surface area (Å²) < 4.78 is 1.80. The van der Waals surface area contributed by atoms with E-state index in [4.69, 9.17) is 10.8 Å². The summed E-state index contributed by atoms with van der Waals surface area (Å²) in [5, 5.41) is 4.70. The van der Waals surface area contributed by atoms with Gasteiger partial charge in [0.2, 0.25) is 11.8 Å². The van der Waals surface area contributed by atoms with Crippen molar-refractivity contribution in [3.05, 3.63) is 42.1 Å². The molecule has 1 saturated carbocycles. The summed E-state index contributed by atoms with van der Waals surface area (Å²) in [5.41, 5.74) is 7.29. The highest BCUT2D eigenvalue weighted by Crippen LogP contribution is 2.41. The third kappa shape index (κ3) is 2.50. The van der Waals surface area contributed by atoms with E-state index in [9.17, 15) is 9.59 Å². The molecular formula is C17H18N4O2. The Labute approximate surface area is 133 Å². The summed E-state index contributed by atoms with van der Waals surface area (Å²) in [6.07, 6.45) is 2.46. The summed E-state index contributed by atoms with van der Waals surface area (Å²) in [4.78, 5) is 25.4. The lowest BCUT2D eigenvalue weighted by Crippen LogP contribution is -2.29. The summed E-state index contributed by atoms with van der Waals surface area (Å²) in [6, 6.07) is 11.7. The standard InChI is InChI=1S/C17H18N4O2/c18-17(23)12-8-16(22)20(10-12)15-9-14(11-6-7-11)19-21(15)13-4-2-1-3-5-13/h1-5,9,11-12H,6-8,10H2,(H2,18,23). The van der Waals surface area contributed by atoms with Crippen molar-refractivity contribution in [1.29, 1.82) is 0 Å². The van der Waals surface area contributed by atoms with Gasteiger partial charge in [0.15, 0.2) is 0 Å². The van der Waals surface area contributed by atoms with Gasteiger partial charge in [0.25, 0.3) is 0 Å². The van der Waals surface area contributed by atoms with Crippen LogP contribution >= 0.6 is 0 Å². The molecule has 1 aliphatic carbocycles. The average Bonchev–Trinajstić information content (AvgIpc) is 3.19. The first-order valence-electron chi connectivity index (χ1n) is 7.88. The van der Waals surface area contributed by atoms with Crippen LogP contribution in [0.1, 0.15) is 30.9 Å². The van der Waals surface area contributed by atoms with Crippen molar-refractivity contribution in [3.8, 4) is 5.69 Å². The lowest BCUT2D eigenvalue weighted by molar-refractivity contribution is -0.123. The van der Waals surface area contributed by atoms with Gasteiger partial charge < -0.3 is 5.73 Å². The van der Waals surface area contributed by atoms with E-state index in [1.54, 1.807) is 9.58 Å². The minimum absolute atomic E-state index is 0.0757. The number of rotatable bonds is 4. The largest absolute Gasteiger partial charge is 0.369 e. The normalized spacial score (nSPS) is 21.0. The minimum atomic E-state index is -0.425. The summed E-state index contributed by atoms with van der Waals surface area (Å²) >= 11 is 0. The number of benzene rings is 1. The number of primary amides is 1. The predicted octanol–water partition coefficient (Wildman–Crippen LogP) is 1.59. The third-order valence-corrected chi connectivity index (χ3v) is 4.51. The molecule has 2 fully saturated rings. The molecule has 2 N–H and O–H groups in total. The van der Waals surface area contributed by atoms with Gasteiger partial charge in [-0.05, 0) is 25.0 Å². The summed E-state index contributed by atoms with van der Waals surface area (Å²) in [7, 11) is 0. The molecule has 1 aromatic carbocycles. The second-order valence-electron chi connectivity index (χ2n) is 6.26. The Balaban J connectivity index is 1.75. The van der Waals surface area contributed by atoms with E-state index in [0.29, 0.717) is 12.5 Å². The van der Waals surface area contributed by atoms with Crippen LogP contribution < -0.4 is 10.6 Å². The molecule has 2 aromatic rings. The topological polar surface area (TPSA) is 81.2 Å². The molecule has 0 spiro atoms. The van der Waals surface area contributed by atoms with E-state index in [0.717, 1.165) is 30.0 Å². The molecular weight excluding hydrogens is 292 g/mol. The molecule has 6 heteroatoms. The van der Waals surface area contributed by atoms with Gasteiger partial charge in [0.1, 0.15) is 5.82 Å². The molecule has 2 aliphatic rings. The second kappa shape index (κ2) is 5.22. The maximum absolute atomic E-state index is 12.3. The van der Waals surface area contributed by atoms with E-state index in [1.165, 1.54) is 0 Å². The highest BCUT2D eigenvalue weighted by atomic mass is 16.2. The van der Waals surface area contributed by atoms with Crippen LogP contribution in [0.15, 0.2) is 36.4 Å². The van der Waals surface area contributed by atoms with Gasteiger partial charge in [-0.15, -0.1) is 0 Å². The number of carbonyl (C=O) groups excluding carboxylic acids is 2. The molecule has 4 rings (SSSR count). The van der Waals surface area contributed by atoms with Crippen LogP contribution in [0.2, 0.25) is 0 Å². The van der Waals surface area contributed by atoms with E-state index in [2.05, 4.69) is 0 Å². The van der Waals surface area contributed by atoms with Crippen molar-refractivity contribution in [1.82, 2.24) is 9.78 Å². The molecule has 2 heterocycles. The van der Waals surface area contributed by atoms with Crippen LogP contribution in [0.25, 0.3) is 5.69 Å².